The van der Waals surface area contributed by atoms with Crippen molar-refractivity contribution in [3.8, 4) is 5.75 Å². The number of aliphatic hydroxyl groups excluding tert-OH is 1. The highest BCUT2D eigenvalue weighted by atomic mass is 32.2. The van der Waals surface area contributed by atoms with Gasteiger partial charge < -0.3 is 20.5 Å². The Morgan fingerprint density at radius 1 is 1.15 bits per heavy atom. The molecule has 0 radical (unpaired) electrons. The van der Waals surface area contributed by atoms with E-state index in [1.807, 2.05) is 31.3 Å². The van der Waals surface area contributed by atoms with Gasteiger partial charge in [0.15, 0.2) is 6.61 Å². The second-order valence-corrected chi connectivity index (χ2v) is 9.77. The van der Waals surface area contributed by atoms with Gasteiger partial charge in [0.05, 0.1) is 11.0 Å². The number of β-amino-alcohol motifs (C(OH)–C–C–N with tert-alkyl or cyclic N) is 1. The van der Waals surface area contributed by atoms with Crippen LogP contribution in [0.15, 0.2) is 53.4 Å². The van der Waals surface area contributed by atoms with Gasteiger partial charge in [0.2, 0.25) is 0 Å². The van der Waals surface area contributed by atoms with Crippen molar-refractivity contribution in [1.29, 1.82) is 0 Å². The van der Waals surface area contributed by atoms with Gasteiger partial charge in [0.25, 0.3) is 5.91 Å². The van der Waals surface area contributed by atoms with Crippen molar-refractivity contribution in [2.75, 3.05) is 46.4 Å². The number of nitrogens with zero attached hydrogens (tertiary/aromatic N) is 2. The number of para-hydroxylation sites is 1. The number of carbonyl (C=O) groups is 1. The summed E-state index contributed by atoms with van der Waals surface area (Å²) in [4.78, 5) is 15.7. The monoisotopic (exact) mass is 470 g/mol. The number of rotatable bonds is 10. The third kappa shape index (κ3) is 6.71. The number of nitrogens with one attached hydrogen (secondary N) is 2. The molecule has 178 valence electrons. The van der Waals surface area contributed by atoms with Crippen LogP contribution in [0.25, 0.3) is 0 Å². The Kier molecular flexibility index (Phi) is 8.63. The van der Waals surface area contributed by atoms with E-state index >= 15 is 0 Å². The first-order valence-electron chi connectivity index (χ1n) is 11.7. The minimum atomic E-state index is -0.388. The summed E-state index contributed by atoms with van der Waals surface area (Å²) in [5.74, 6) is 0.581. The van der Waals surface area contributed by atoms with Gasteiger partial charge in [0, 0.05) is 45.3 Å². The van der Waals surface area contributed by atoms with Gasteiger partial charge in [-0.25, -0.2) is 4.31 Å². The van der Waals surface area contributed by atoms with E-state index < -0.39 is 0 Å². The summed E-state index contributed by atoms with van der Waals surface area (Å²) in [7, 11) is 1.86. The van der Waals surface area contributed by atoms with Crippen molar-refractivity contribution >= 4 is 17.9 Å². The Morgan fingerprint density at radius 2 is 1.94 bits per heavy atom. The molecule has 1 amide bonds. The normalized spacial score (nSPS) is 21.0. The van der Waals surface area contributed by atoms with Crippen molar-refractivity contribution in [1.82, 2.24) is 19.8 Å². The standard InChI is InChI=1S/C25H34N4O3S/c1-26-21-16-29(17-22(21)30)33-24-10-5-4-9-23(24)32-18-25(31)27-12-6-13-28-14-11-19-7-2-3-8-20(19)15-28/h2-5,7-10,21-22,26,30H,6,11-18H2,1H3,(H,27,31). The quantitative estimate of drug-likeness (QED) is 0.362. The molecule has 2 atom stereocenters. The zero-order valence-electron chi connectivity index (χ0n) is 19.2. The summed E-state index contributed by atoms with van der Waals surface area (Å²) in [5, 5.41) is 16.2. The van der Waals surface area contributed by atoms with Crippen LogP contribution in [-0.2, 0) is 17.8 Å². The first-order chi connectivity index (χ1) is 16.1. The first kappa shape index (κ1) is 24.0. The number of carbonyl (C=O) groups excluding carboxylic acids is 1. The van der Waals surface area contributed by atoms with E-state index in [1.54, 1.807) is 11.9 Å². The Hall–Kier alpha value is -2.10. The van der Waals surface area contributed by atoms with Crippen LogP contribution in [0.2, 0.25) is 0 Å². The summed E-state index contributed by atoms with van der Waals surface area (Å²) in [6.45, 7) is 5.03. The molecule has 0 aliphatic carbocycles. The van der Waals surface area contributed by atoms with Gasteiger partial charge >= 0.3 is 0 Å². The summed E-state index contributed by atoms with van der Waals surface area (Å²) in [5.41, 5.74) is 2.88. The fraction of sp³-hybridized carbons (Fsp3) is 0.480. The minimum absolute atomic E-state index is 0.00354. The van der Waals surface area contributed by atoms with Crippen molar-refractivity contribution in [3.63, 3.8) is 0 Å². The van der Waals surface area contributed by atoms with Crippen LogP contribution in [-0.4, -0.2) is 78.7 Å². The minimum Gasteiger partial charge on any atom is -0.483 e. The molecule has 0 bridgehead atoms. The van der Waals surface area contributed by atoms with E-state index in [2.05, 4.69) is 44.1 Å². The smallest absolute Gasteiger partial charge is 0.257 e. The van der Waals surface area contributed by atoms with Crippen molar-refractivity contribution in [2.45, 2.75) is 36.4 Å². The molecule has 1 fully saturated rings. The fourth-order valence-electron chi connectivity index (χ4n) is 4.36. The van der Waals surface area contributed by atoms with E-state index in [4.69, 9.17) is 4.74 Å². The Morgan fingerprint density at radius 3 is 2.76 bits per heavy atom. The van der Waals surface area contributed by atoms with Crippen LogP contribution < -0.4 is 15.4 Å². The maximum absolute atomic E-state index is 12.3. The highest BCUT2D eigenvalue weighted by Gasteiger charge is 2.31. The van der Waals surface area contributed by atoms with E-state index in [-0.39, 0.29) is 24.7 Å². The summed E-state index contributed by atoms with van der Waals surface area (Å²) >= 11 is 1.56. The molecule has 7 nitrogen and oxygen atoms in total. The number of likely N-dealkylation sites (N-methyl/N-ethyl adjacent to an activating group) is 1. The molecule has 0 aromatic heterocycles. The third-order valence-corrected chi connectivity index (χ3v) is 7.33. The van der Waals surface area contributed by atoms with Gasteiger partial charge in [-0.1, -0.05) is 36.4 Å². The zero-order chi connectivity index (χ0) is 23.0. The molecule has 2 heterocycles. The fourth-order valence-corrected chi connectivity index (χ4v) is 5.46. The van der Waals surface area contributed by atoms with Crippen LogP contribution in [0.3, 0.4) is 0 Å². The number of fused-ring (bicyclic) bond motifs is 1. The summed E-state index contributed by atoms with van der Waals surface area (Å²) < 4.78 is 7.95. The van der Waals surface area contributed by atoms with E-state index in [1.165, 1.54) is 11.1 Å². The van der Waals surface area contributed by atoms with Gasteiger partial charge in [-0.15, -0.1) is 0 Å². The lowest BCUT2D eigenvalue weighted by molar-refractivity contribution is -0.123. The number of benzene rings is 2. The molecule has 0 saturated carbocycles. The molecule has 2 aliphatic rings. The number of amides is 1. The molecule has 4 rings (SSSR count). The van der Waals surface area contributed by atoms with Crippen LogP contribution >= 0.6 is 11.9 Å². The lowest BCUT2D eigenvalue weighted by Gasteiger charge is -2.28. The molecule has 33 heavy (non-hydrogen) atoms. The van der Waals surface area contributed by atoms with Crippen LogP contribution in [0.5, 0.6) is 5.75 Å². The predicted octanol–water partition coefficient (Wildman–Crippen LogP) is 1.90. The van der Waals surface area contributed by atoms with E-state index in [0.717, 1.165) is 43.9 Å². The second-order valence-electron chi connectivity index (χ2n) is 8.63. The maximum atomic E-state index is 12.3. The second kappa shape index (κ2) is 11.9. The Labute approximate surface area is 200 Å². The molecule has 2 aromatic rings. The SMILES string of the molecule is CNC1CN(Sc2ccccc2OCC(=O)NCCCN2CCc3ccccc3C2)CC1O. The third-order valence-electron chi connectivity index (χ3n) is 6.24. The van der Waals surface area contributed by atoms with Gasteiger partial charge in [-0.05, 0) is 55.1 Å². The average molecular weight is 471 g/mol. The number of ether oxygens (including phenoxy) is 1. The molecule has 2 aromatic carbocycles. The lowest BCUT2D eigenvalue weighted by atomic mass is 10.00. The topological polar surface area (TPSA) is 77.1 Å². The van der Waals surface area contributed by atoms with Gasteiger partial charge in [-0.2, -0.15) is 0 Å². The van der Waals surface area contributed by atoms with Crippen LogP contribution in [0, 0.1) is 0 Å². The first-order valence-corrected chi connectivity index (χ1v) is 12.5. The van der Waals surface area contributed by atoms with Crippen molar-refractivity contribution in [3.05, 3.63) is 59.7 Å². The maximum Gasteiger partial charge on any atom is 0.257 e. The molecule has 2 unspecified atom stereocenters. The number of hydrogen-bond donors (Lipinski definition) is 3. The van der Waals surface area contributed by atoms with E-state index in [9.17, 15) is 9.90 Å². The molecule has 1 saturated heterocycles. The lowest BCUT2D eigenvalue weighted by Crippen LogP contribution is -2.36. The molecule has 2 aliphatic heterocycles. The highest BCUT2D eigenvalue weighted by Crippen LogP contribution is 2.33. The largest absolute Gasteiger partial charge is 0.483 e. The van der Waals surface area contributed by atoms with E-state index in [0.29, 0.717) is 18.8 Å². The zero-order valence-corrected chi connectivity index (χ0v) is 20.0. The Bertz CT molecular complexity index is 928. The number of aliphatic hydroxyl groups is 1. The van der Waals surface area contributed by atoms with Gasteiger partial charge in [-0.3, -0.25) is 9.69 Å². The molecular formula is C25H34N4O3S. The summed E-state index contributed by atoms with van der Waals surface area (Å²) in [6.07, 6.45) is 1.63. The predicted molar refractivity (Wildman–Crippen MR) is 131 cm³/mol. The Balaban J connectivity index is 1.16. The van der Waals surface area contributed by atoms with Crippen LogP contribution in [0.1, 0.15) is 17.5 Å². The van der Waals surface area contributed by atoms with Gasteiger partial charge in [0.1, 0.15) is 5.75 Å². The van der Waals surface area contributed by atoms with Crippen molar-refractivity contribution < 1.29 is 14.6 Å². The molecular weight excluding hydrogens is 436 g/mol. The highest BCUT2D eigenvalue weighted by molar-refractivity contribution is 7.97. The van der Waals surface area contributed by atoms with Crippen LogP contribution in [0.4, 0.5) is 0 Å². The van der Waals surface area contributed by atoms with Crippen molar-refractivity contribution in [2.24, 2.45) is 0 Å². The molecule has 0 spiro atoms. The number of hydrogen-bond acceptors (Lipinski definition) is 7. The summed E-state index contributed by atoms with van der Waals surface area (Å²) in [6, 6.07) is 16.4. The molecule has 8 heteroatoms. The average Bonchev–Trinajstić information content (AvgIpc) is 3.20. The molecule has 3 N–H and O–H groups in total.